The van der Waals surface area contributed by atoms with Crippen LogP contribution in [0, 0.1) is 6.92 Å². The summed E-state index contributed by atoms with van der Waals surface area (Å²) < 4.78 is 0. The molecule has 0 aromatic heterocycles. The van der Waals surface area contributed by atoms with Crippen LogP contribution < -0.4 is 0 Å². The highest BCUT2D eigenvalue weighted by atomic mass is 15.2. The second-order valence-corrected chi connectivity index (χ2v) is 5.27. The monoisotopic (exact) mass is 298 g/mol. The number of rotatable bonds is 1. The minimum atomic E-state index is 0.892. The van der Waals surface area contributed by atoms with E-state index in [1.165, 1.54) is 11.1 Å². The first-order valence-electron chi connectivity index (χ1n) is 7.78. The summed E-state index contributed by atoms with van der Waals surface area (Å²) in [7, 11) is 0. The molecule has 1 aromatic rings. The average molecular weight is 298 g/mol. The van der Waals surface area contributed by atoms with Crippen molar-refractivity contribution < 1.29 is 0 Å². The largest absolute Gasteiger partial charge is 0.160 e. The van der Waals surface area contributed by atoms with E-state index in [2.05, 4.69) is 51.6 Å². The molecule has 2 aliphatic rings. The molecule has 3 rings (SSSR count). The van der Waals surface area contributed by atoms with E-state index in [0.717, 1.165) is 35.7 Å². The van der Waals surface area contributed by atoms with Crippen molar-refractivity contribution in [1.29, 1.82) is 0 Å². The Bertz CT molecular complexity index is 588. The molecule has 0 N–H and O–H groups in total. The highest BCUT2D eigenvalue weighted by Crippen LogP contribution is 2.12. The van der Waals surface area contributed by atoms with Crippen molar-refractivity contribution in [3.8, 4) is 0 Å². The summed E-state index contributed by atoms with van der Waals surface area (Å²) in [6, 6.07) is 8.40. The predicted octanol–water partition coefficient (Wildman–Crippen LogP) is 4.82. The van der Waals surface area contributed by atoms with Gasteiger partial charge in [0.25, 0.3) is 0 Å². The first-order valence-corrected chi connectivity index (χ1v) is 7.78. The van der Waals surface area contributed by atoms with Crippen LogP contribution in [0.2, 0.25) is 0 Å². The molecular weight excluding hydrogens is 272 g/mol. The van der Waals surface area contributed by atoms with E-state index in [0.29, 0.717) is 0 Å². The summed E-state index contributed by atoms with van der Waals surface area (Å²) in [6.07, 6.45) is 1.86. The maximum atomic E-state index is 4.12. The van der Waals surface area contributed by atoms with Crippen LogP contribution in [0.25, 0.3) is 0 Å². The maximum Gasteiger partial charge on any atom is 0.0759 e. The van der Waals surface area contributed by atoms with E-state index in [1.54, 1.807) is 0 Å². The number of hydrogen-bond acceptors (Lipinski definition) is 4. The molecule has 22 heavy (non-hydrogen) atoms. The third kappa shape index (κ3) is 5.72. The number of nitrogens with zero attached hydrogens (tertiary/aromatic N) is 4. The third-order valence-electron chi connectivity index (χ3n) is 3.05. The lowest BCUT2D eigenvalue weighted by molar-refractivity contribution is 1.26. The van der Waals surface area contributed by atoms with E-state index in [-0.39, 0.29) is 0 Å². The normalized spacial score (nSPS) is 15.5. The van der Waals surface area contributed by atoms with Crippen LogP contribution in [0.4, 0.5) is 0 Å². The Labute approximate surface area is 133 Å². The highest BCUT2D eigenvalue weighted by molar-refractivity contribution is 6.14. The number of aryl methyl sites for hydroxylation is 1. The first kappa shape index (κ1) is 18.0. The van der Waals surface area contributed by atoms with Gasteiger partial charge in [0, 0.05) is 30.0 Å². The van der Waals surface area contributed by atoms with Gasteiger partial charge in [-0.15, -0.1) is 0 Å². The van der Waals surface area contributed by atoms with Gasteiger partial charge in [0.05, 0.1) is 5.71 Å². The summed E-state index contributed by atoms with van der Waals surface area (Å²) in [4.78, 5) is 0. The van der Waals surface area contributed by atoms with Crippen molar-refractivity contribution in [2.75, 3.05) is 0 Å². The van der Waals surface area contributed by atoms with Gasteiger partial charge in [0.2, 0.25) is 0 Å². The lowest BCUT2D eigenvalue weighted by atomic mass is 10.0. The molecule has 0 saturated heterocycles. The topological polar surface area (TPSA) is 49.4 Å². The fraction of sp³-hybridized carbons (Fsp3) is 0.444. The fourth-order valence-corrected chi connectivity index (χ4v) is 1.98. The lowest BCUT2D eigenvalue weighted by Gasteiger charge is -1.99. The van der Waals surface area contributed by atoms with Gasteiger partial charge in [-0.2, -0.15) is 20.4 Å². The molecule has 0 radical (unpaired) electrons. The molecule has 1 aromatic carbocycles. The predicted molar refractivity (Wildman–Crippen MR) is 97.6 cm³/mol. The van der Waals surface area contributed by atoms with Crippen LogP contribution in [-0.2, 0) is 0 Å². The zero-order valence-corrected chi connectivity index (χ0v) is 14.5. The highest BCUT2D eigenvalue weighted by Gasteiger charge is 2.09. The van der Waals surface area contributed by atoms with Crippen molar-refractivity contribution >= 4 is 22.8 Å². The van der Waals surface area contributed by atoms with E-state index in [4.69, 9.17) is 0 Å². The Hall–Kier alpha value is -2.10. The minimum absolute atomic E-state index is 0.892. The smallest absolute Gasteiger partial charge is 0.0759 e. The molecule has 4 heteroatoms. The van der Waals surface area contributed by atoms with E-state index in [1.807, 2.05) is 34.6 Å². The van der Waals surface area contributed by atoms with Crippen molar-refractivity contribution in [3.05, 3.63) is 35.4 Å². The maximum absolute atomic E-state index is 4.12. The van der Waals surface area contributed by atoms with Gasteiger partial charge in [-0.3, -0.25) is 0 Å². The molecule has 0 saturated carbocycles. The molecule has 0 fully saturated rings. The fourth-order valence-electron chi connectivity index (χ4n) is 1.98. The van der Waals surface area contributed by atoms with Gasteiger partial charge in [-0.05, 0) is 33.3 Å². The lowest BCUT2D eigenvalue weighted by Crippen LogP contribution is -2.00. The summed E-state index contributed by atoms with van der Waals surface area (Å²) in [5.41, 5.74) is 6.88. The van der Waals surface area contributed by atoms with Gasteiger partial charge in [0.1, 0.15) is 0 Å². The van der Waals surface area contributed by atoms with Gasteiger partial charge >= 0.3 is 0 Å². The molecule has 0 atom stereocenters. The van der Waals surface area contributed by atoms with Gasteiger partial charge in [-0.25, -0.2) is 0 Å². The SMILES string of the molecule is CC.CC1=NN=C(C)C1.CC1=NN=C(c2ccc(C)cc2)C1. The van der Waals surface area contributed by atoms with Crippen LogP contribution in [-0.4, -0.2) is 22.8 Å². The minimum Gasteiger partial charge on any atom is -0.160 e. The number of benzene rings is 1. The Balaban J connectivity index is 0.000000228. The quantitative estimate of drug-likeness (QED) is 0.714. The Morgan fingerprint density at radius 3 is 1.45 bits per heavy atom. The molecule has 0 unspecified atom stereocenters. The van der Waals surface area contributed by atoms with Crippen molar-refractivity contribution in [1.82, 2.24) is 0 Å². The molecular formula is C18H26N4. The molecule has 2 aliphatic heterocycles. The zero-order chi connectivity index (χ0) is 16.5. The standard InChI is InChI=1S/C11H12N2.C5H8N2.C2H6/c1-8-3-5-10(6-4-8)11-7-9(2)12-13-11;1-4-3-5(2)7-6-4;1-2/h3-6H,7H2,1-2H3;3H2,1-2H3;1-2H3. The molecule has 4 nitrogen and oxygen atoms in total. The average Bonchev–Trinajstić information content (AvgIpc) is 3.11. The van der Waals surface area contributed by atoms with Crippen LogP contribution in [0.1, 0.15) is 58.6 Å². The summed E-state index contributed by atoms with van der Waals surface area (Å²) >= 11 is 0. The van der Waals surface area contributed by atoms with Crippen molar-refractivity contribution in [3.63, 3.8) is 0 Å². The molecule has 0 aliphatic carbocycles. The summed E-state index contributed by atoms with van der Waals surface area (Å²) in [6.45, 7) is 12.1. The zero-order valence-electron chi connectivity index (χ0n) is 14.5. The second-order valence-electron chi connectivity index (χ2n) is 5.27. The molecule has 0 bridgehead atoms. The van der Waals surface area contributed by atoms with Gasteiger partial charge in [-0.1, -0.05) is 43.7 Å². The Morgan fingerprint density at radius 1 is 0.636 bits per heavy atom. The van der Waals surface area contributed by atoms with Gasteiger partial charge < -0.3 is 0 Å². The van der Waals surface area contributed by atoms with Crippen LogP contribution in [0.3, 0.4) is 0 Å². The van der Waals surface area contributed by atoms with Crippen molar-refractivity contribution in [2.24, 2.45) is 20.4 Å². The van der Waals surface area contributed by atoms with Crippen LogP contribution >= 0.6 is 0 Å². The van der Waals surface area contributed by atoms with Gasteiger partial charge in [0.15, 0.2) is 0 Å². The second kappa shape index (κ2) is 9.03. The summed E-state index contributed by atoms with van der Waals surface area (Å²) in [5.74, 6) is 0. The van der Waals surface area contributed by atoms with Crippen molar-refractivity contribution in [2.45, 2.75) is 54.4 Å². The van der Waals surface area contributed by atoms with Crippen LogP contribution in [0.15, 0.2) is 44.7 Å². The third-order valence-corrected chi connectivity index (χ3v) is 3.05. The molecule has 0 amide bonds. The molecule has 2 heterocycles. The summed E-state index contributed by atoms with van der Waals surface area (Å²) in [5, 5.41) is 15.8. The van der Waals surface area contributed by atoms with E-state index >= 15 is 0 Å². The number of hydrogen-bond donors (Lipinski definition) is 0. The van der Waals surface area contributed by atoms with Crippen LogP contribution in [0.5, 0.6) is 0 Å². The Morgan fingerprint density at radius 2 is 1.09 bits per heavy atom. The van der Waals surface area contributed by atoms with E-state index in [9.17, 15) is 0 Å². The molecule has 118 valence electrons. The molecule has 0 spiro atoms. The Kier molecular flexibility index (Phi) is 7.37. The van der Waals surface area contributed by atoms with E-state index < -0.39 is 0 Å². The first-order chi connectivity index (χ1) is 10.5.